The minimum Gasteiger partial charge on any atom is -0.348 e. The minimum absolute atomic E-state index is 0.563. The van der Waals surface area contributed by atoms with Gasteiger partial charge >= 0.3 is 0 Å². The van der Waals surface area contributed by atoms with Gasteiger partial charge in [-0.25, -0.2) is 0 Å². The number of rotatable bonds is 8. The van der Waals surface area contributed by atoms with Crippen LogP contribution in [-0.4, -0.2) is 62.6 Å². The predicted molar refractivity (Wildman–Crippen MR) is 121 cm³/mol. The van der Waals surface area contributed by atoms with Crippen molar-refractivity contribution in [3.05, 3.63) is 30.1 Å². The smallest absolute Gasteiger partial charge is 0.189 e. The van der Waals surface area contributed by atoms with Crippen LogP contribution in [0.4, 0.5) is 0 Å². The molecule has 27 heavy (non-hydrogen) atoms. The number of thiocarbonyl (C=S) groups is 2. The fourth-order valence-corrected chi connectivity index (χ4v) is 2.89. The van der Waals surface area contributed by atoms with Crippen LogP contribution in [0.1, 0.15) is 40.3 Å². The fourth-order valence-electron chi connectivity index (χ4n) is 2.28. The molecule has 0 radical (unpaired) electrons. The van der Waals surface area contributed by atoms with Gasteiger partial charge in [0.2, 0.25) is 0 Å². The van der Waals surface area contributed by atoms with Crippen molar-refractivity contribution >= 4 is 46.1 Å². The van der Waals surface area contributed by atoms with Gasteiger partial charge in [-0.1, -0.05) is 6.07 Å². The van der Waals surface area contributed by atoms with Crippen LogP contribution in [-0.2, 0) is 0 Å². The van der Waals surface area contributed by atoms with Crippen LogP contribution in [0.2, 0.25) is 0 Å². The molecule has 0 atom stereocenters. The summed E-state index contributed by atoms with van der Waals surface area (Å²) in [6.45, 7) is 13.3. The van der Waals surface area contributed by atoms with E-state index in [1.165, 1.54) is 0 Å². The van der Waals surface area contributed by atoms with Gasteiger partial charge in [0.15, 0.2) is 10.2 Å². The number of hydrogen-bond acceptors (Lipinski definition) is 5. The third-order valence-electron chi connectivity index (χ3n) is 3.93. The number of hydrogen-bond donors (Lipinski definition) is 2. The molecule has 7 nitrogen and oxygen atoms in total. The molecule has 1 aromatic rings. The summed E-state index contributed by atoms with van der Waals surface area (Å²) in [4.78, 5) is 8.40. The van der Waals surface area contributed by atoms with Crippen LogP contribution >= 0.6 is 24.4 Å². The van der Waals surface area contributed by atoms with Crippen molar-refractivity contribution in [3.8, 4) is 0 Å². The van der Waals surface area contributed by atoms with Crippen molar-refractivity contribution in [2.75, 3.05) is 26.2 Å². The van der Waals surface area contributed by atoms with Crippen LogP contribution in [0.5, 0.6) is 0 Å². The van der Waals surface area contributed by atoms with Gasteiger partial charge in [-0.2, -0.15) is 10.2 Å². The molecule has 1 rings (SSSR count). The first-order chi connectivity index (χ1) is 13.0. The number of nitrogens with zero attached hydrogens (tertiary/aromatic N) is 5. The second kappa shape index (κ2) is 12.3. The molecule has 148 valence electrons. The lowest BCUT2D eigenvalue weighted by molar-refractivity contribution is 0.457. The van der Waals surface area contributed by atoms with E-state index in [1.54, 1.807) is 6.20 Å². The van der Waals surface area contributed by atoms with Crippen molar-refractivity contribution in [2.24, 2.45) is 10.2 Å². The molecule has 0 spiro atoms. The van der Waals surface area contributed by atoms with Crippen molar-refractivity contribution in [2.45, 2.75) is 34.6 Å². The number of nitrogens with one attached hydrogen (secondary N) is 2. The number of pyridine rings is 1. The Hall–Kier alpha value is -2.13. The van der Waals surface area contributed by atoms with Gasteiger partial charge < -0.3 is 9.80 Å². The molecule has 0 aromatic carbocycles. The van der Waals surface area contributed by atoms with Gasteiger partial charge in [0.1, 0.15) is 5.71 Å². The molecule has 1 heterocycles. The second-order valence-electron chi connectivity index (χ2n) is 5.55. The molecule has 2 N–H and O–H groups in total. The second-order valence-corrected chi connectivity index (χ2v) is 6.32. The van der Waals surface area contributed by atoms with Gasteiger partial charge in [-0.15, -0.1) is 0 Å². The van der Waals surface area contributed by atoms with E-state index in [0.29, 0.717) is 27.3 Å². The molecule has 0 amide bonds. The zero-order chi connectivity index (χ0) is 20.2. The van der Waals surface area contributed by atoms with E-state index < -0.39 is 0 Å². The Labute approximate surface area is 172 Å². The highest BCUT2D eigenvalue weighted by atomic mass is 32.1. The van der Waals surface area contributed by atoms with Crippen molar-refractivity contribution in [1.29, 1.82) is 0 Å². The summed E-state index contributed by atoms with van der Waals surface area (Å²) < 4.78 is 0. The largest absolute Gasteiger partial charge is 0.348 e. The topological polar surface area (TPSA) is 68.2 Å². The zero-order valence-electron chi connectivity index (χ0n) is 16.7. The molecule has 9 heteroatoms. The maximum Gasteiger partial charge on any atom is 0.189 e. The van der Waals surface area contributed by atoms with E-state index in [-0.39, 0.29) is 0 Å². The van der Waals surface area contributed by atoms with E-state index >= 15 is 0 Å². The zero-order valence-corrected chi connectivity index (χ0v) is 18.3. The van der Waals surface area contributed by atoms with Gasteiger partial charge in [-0.05, 0) is 71.2 Å². The summed E-state index contributed by atoms with van der Waals surface area (Å²) in [5, 5.41) is 10.0. The Morgan fingerprint density at radius 3 is 1.89 bits per heavy atom. The lowest BCUT2D eigenvalue weighted by Crippen LogP contribution is -2.39. The molecule has 0 saturated carbocycles. The van der Waals surface area contributed by atoms with Crippen LogP contribution in [0.15, 0.2) is 34.6 Å². The maximum atomic E-state index is 5.40. The van der Waals surface area contributed by atoms with Gasteiger partial charge in [-0.3, -0.25) is 15.8 Å². The third kappa shape index (κ3) is 7.18. The summed E-state index contributed by atoms with van der Waals surface area (Å²) in [7, 11) is 0. The standard InChI is InChI=1S/C18H29N7S2/c1-6-24(7-2)17(26)22-20-14(5)16(15-12-10-11-13-19-15)21-23-18(27)25(8-3)9-4/h10-13H,6-9H2,1-5H3,(H,22,26)(H,23,27). The van der Waals surface area contributed by atoms with Crippen molar-refractivity contribution in [3.63, 3.8) is 0 Å². The van der Waals surface area contributed by atoms with Gasteiger partial charge in [0, 0.05) is 32.4 Å². The lowest BCUT2D eigenvalue weighted by atomic mass is 10.2. The van der Waals surface area contributed by atoms with E-state index in [1.807, 2.05) is 62.6 Å². The summed E-state index contributed by atoms with van der Waals surface area (Å²) in [5.41, 5.74) is 7.83. The molecule has 0 unspecified atom stereocenters. The SMILES string of the molecule is CCN(CC)C(=S)NN=C(C)C(=NNC(=S)N(CC)CC)c1ccccn1. The molecule has 0 aliphatic heterocycles. The summed E-state index contributed by atoms with van der Waals surface area (Å²) >= 11 is 10.8. The first-order valence-corrected chi connectivity index (χ1v) is 9.93. The fraction of sp³-hybridized carbons (Fsp3) is 0.500. The molecule has 0 fully saturated rings. The summed E-state index contributed by atoms with van der Waals surface area (Å²) in [6, 6.07) is 5.64. The van der Waals surface area contributed by atoms with Crippen LogP contribution in [0.3, 0.4) is 0 Å². The van der Waals surface area contributed by atoms with Crippen LogP contribution in [0, 0.1) is 0 Å². The van der Waals surface area contributed by atoms with E-state index in [0.717, 1.165) is 26.2 Å². The first kappa shape index (κ1) is 22.9. The van der Waals surface area contributed by atoms with E-state index in [2.05, 4.69) is 26.0 Å². The highest BCUT2D eigenvalue weighted by molar-refractivity contribution is 7.80. The average Bonchev–Trinajstić information content (AvgIpc) is 2.69. The van der Waals surface area contributed by atoms with E-state index in [4.69, 9.17) is 24.4 Å². The quantitative estimate of drug-likeness (QED) is 0.390. The maximum absolute atomic E-state index is 5.40. The normalized spacial score (nSPS) is 11.7. The molecule has 0 aliphatic carbocycles. The Bertz CT molecular complexity index is 666. The molecule has 1 aromatic heterocycles. The molecule has 0 aliphatic rings. The monoisotopic (exact) mass is 407 g/mol. The van der Waals surface area contributed by atoms with Crippen LogP contribution < -0.4 is 10.9 Å². The molecule has 0 bridgehead atoms. The summed E-state index contributed by atoms with van der Waals surface area (Å²) in [6.07, 6.45) is 1.72. The highest BCUT2D eigenvalue weighted by Gasteiger charge is 2.12. The number of aromatic nitrogens is 1. The first-order valence-electron chi connectivity index (χ1n) is 9.11. The highest BCUT2D eigenvalue weighted by Crippen LogP contribution is 2.00. The van der Waals surface area contributed by atoms with Crippen molar-refractivity contribution in [1.82, 2.24) is 25.6 Å². The molecule has 0 saturated heterocycles. The van der Waals surface area contributed by atoms with Gasteiger partial charge in [0.05, 0.1) is 11.4 Å². The molecular formula is C18H29N7S2. The summed E-state index contributed by atoms with van der Waals surface area (Å²) in [5.74, 6) is 0. The van der Waals surface area contributed by atoms with Crippen molar-refractivity contribution < 1.29 is 0 Å². The van der Waals surface area contributed by atoms with Crippen LogP contribution in [0.25, 0.3) is 0 Å². The van der Waals surface area contributed by atoms with Gasteiger partial charge in [0.25, 0.3) is 0 Å². The Morgan fingerprint density at radius 2 is 1.44 bits per heavy atom. The average molecular weight is 408 g/mol. The Morgan fingerprint density at radius 1 is 0.926 bits per heavy atom. The lowest BCUT2D eigenvalue weighted by Gasteiger charge is -2.21. The Balaban J connectivity index is 3.04. The third-order valence-corrected chi connectivity index (χ3v) is 4.63. The minimum atomic E-state index is 0.563. The number of hydrazone groups is 2. The van der Waals surface area contributed by atoms with E-state index in [9.17, 15) is 0 Å². The Kier molecular flexibility index (Phi) is 10.4. The molecular weight excluding hydrogens is 378 g/mol. The predicted octanol–water partition coefficient (Wildman–Crippen LogP) is 2.59.